The quantitative estimate of drug-likeness (QED) is 0.572. The van der Waals surface area contributed by atoms with Gasteiger partial charge in [-0.05, 0) is 13.0 Å². The molecular weight excluding hydrogens is 208 g/mol. The number of nitrogen functional groups attached to an aromatic ring is 2. The minimum absolute atomic E-state index is 0.126. The van der Waals surface area contributed by atoms with Crippen LogP contribution in [0.15, 0.2) is 0 Å². The van der Waals surface area contributed by atoms with Gasteiger partial charge in [-0.15, -0.1) is 10.2 Å². The van der Waals surface area contributed by atoms with Crippen LogP contribution in [-0.4, -0.2) is 40.7 Å². The summed E-state index contributed by atoms with van der Waals surface area (Å²) in [7, 11) is 0. The molecule has 2 heterocycles. The van der Waals surface area contributed by atoms with Crippen molar-refractivity contribution in [2.45, 2.75) is 25.3 Å². The number of hydrogen-bond donors (Lipinski definition) is 3. The second-order valence-corrected chi connectivity index (χ2v) is 3.99. The summed E-state index contributed by atoms with van der Waals surface area (Å²) in [5.74, 6) is 6.80. The lowest BCUT2D eigenvalue weighted by Crippen LogP contribution is -2.36. The Balaban J connectivity index is 2.10. The van der Waals surface area contributed by atoms with Crippen molar-refractivity contribution in [3.63, 3.8) is 0 Å². The molecular formula is C9H18N6O. The summed E-state index contributed by atoms with van der Waals surface area (Å²) in [6.45, 7) is 4.37. The highest BCUT2D eigenvalue weighted by Gasteiger charge is 2.33. The number of nitrogens with two attached hydrogens (primary N) is 2. The molecule has 1 aliphatic heterocycles. The Morgan fingerprint density at radius 2 is 2.31 bits per heavy atom. The summed E-state index contributed by atoms with van der Waals surface area (Å²) in [6.07, 6.45) is 1.08. The maximum atomic E-state index is 5.76. The molecule has 1 saturated heterocycles. The van der Waals surface area contributed by atoms with Crippen LogP contribution >= 0.6 is 0 Å². The van der Waals surface area contributed by atoms with Gasteiger partial charge in [0.05, 0.1) is 19.1 Å². The van der Waals surface area contributed by atoms with Gasteiger partial charge in [0.25, 0.3) is 0 Å². The first-order valence-electron chi connectivity index (χ1n) is 5.51. The van der Waals surface area contributed by atoms with Gasteiger partial charge in [0, 0.05) is 6.04 Å². The predicted molar refractivity (Wildman–Crippen MR) is 60.2 cm³/mol. The first kappa shape index (κ1) is 11.2. The second kappa shape index (κ2) is 4.67. The molecule has 1 fully saturated rings. The summed E-state index contributed by atoms with van der Waals surface area (Å²) >= 11 is 0. The van der Waals surface area contributed by atoms with E-state index in [4.69, 9.17) is 16.3 Å². The average molecular weight is 226 g/mol. The van der Waals surface area contributed by atoms with E-state index in [0.717, 1.165) is 13.0 Å². The van der Waals surface area contributed by atoms with Gasteiger partial charge in [0.1, 0.15) is 0 Å². The van der Waals surface area contributed by atoms with E-state index in [1.807, 2.05) is 0 Å². The molecule has 0 amide bonds. The number of nitrogens with one attached hydrogen (secondary N) is 1. The van der Waals surface area contributed by atoms with Crippen molar-refractivity contribution in [1.29, 1.82) is 0 Å². The normalized spacial score (nSPS) is 25.1. The van der Waals surface area contributed by atoms with Crippen LogP contribution in [0, 0.1) is 0 Å². The van der Waals surface area contributed by atoms with Gasteiger partial charge >= 0.3 is 0 Å². The van der Waals surface area contributed by atoms with Gasteiger partial charge in [0.2, 0.25) is 5.95 Å². The van der Waals surface area contributed by atoms with E-state index in [-0.39, 0.29) is 17.9 Å². The maximum absolute atomic E-state index is 5.76. The first-order valence-corrected chi connectivity index (χ1v) is 5.51. The Morgan fingerprint density at radius 3 is 2.94 bits per heavy atom. The fraction of sp³-hybridized carbons (Fsp3) is 0.778. The van der Waals surface area contributed by atoms with E-state index in [1.165, 1.54) is 4.68 Å². The number of nitrogens with zero attached hydrogens (tertiary/aromatic N) is 3. The van der Waals surface area contributed by atoms with Crippen LogP contribution in [-0.2, 0) is 4.74 Å². The topological polar surface area (TPSA) is 104 Å². The molecule has 0 radical (unpaired) electrons. The Hall–Kier alpha value is -1.34. The van der Waals surface area contributed by atoms with E-state index < -0.39 is 0 Å². The molecule has 90 valence electrons. The summed E-state index contributed by atoms with van der Waals surface area (Å²) < 4.78 is 6.78. The highest BCUT2D eigenvalue weighted by atomic mass is 16.5. The van der Waals surface area contributed by atoms with Crippen molar-refractivity contribution in [3.8, 4) is 0 Å². The number of ether oxygens (including phenoxy) is 1. The molecule has 2 rings (SSSR count). The number of aromatic nitrogens is 3. The summed E-state index contributed by atoms with van der Waals surface area (Å²) in [4.78, 5) is 0. The zero-order valence-corrected chi connectivity index (χ0v) is 9.39. The number of anilines is 1. The Bertz CT molecular complexity index is 352. The molecule has 16 heavy (non-hydrogen) atoms. The maximum Gasteiger partial charge on any atom is 0.240 e. The molecule has 1 aliphatic rings. The van der Waals surface area contributed by atoms with Gasteiger partial charge in [-0.3, -0.25) is 0 Å². The van der Waals surface area contributed by atoms with Gasteiger partial charge in [-0.1, -0.05) is 6.92 Å². The fourth-order valence-electron chi connectivity index (χ4n) is 1.91. The SMILES string of the molecule is CCCNC1COCC1c1nnc(N)n1N. The van der Waals surface area contributed by atoms with Crippen LogP contribution in [0.3, 0.4) is 0 Å². The molecule has 0 saturated carbocycles. The third-order valence-electron chi connectivity index (χ3n) is 2.82. The summed E-state index contributed by atoms with van der Waals surface area (Å²) in [5.41, 5.74) is 5.56. The zero-order chi connectivity index (χ0) is 11.5. The Labute approximate surface area is 94.1 Å². The standard InChI is InChI=1S/C9H18N6O/c1-2-3-12-7-5-16-4-6(7)8-13-14-9(10)15(8)11/h6-7,12H,2-5,11H2,1H3,(H2,10,14). The minimum atomic E-state index is 0.126. The van der Waals surface area contributed by atoms with Crippen molar-refractivity contribution < 1.29 is 4.74 Å². The third kappa shape index (κ3) is 1.96. The van der Waals surface area contributed by atoms with Crippen LogP contribution in [0.2, 0.25) is 0 Å². The Morgan fingerprint density at radius 1 is 1.50 bits per heavy atom. The van der Waals surface area contributed by atoms with E-state index in [9.17, 15) is 0 Å². The highest BCUT2D eigenvalue weighted by molar-refractivity contribution is 5.20. The lowest BCUT2D eigenvalue weighted by Gasteiger charge is -2.17. The molecule has 0 aromatic carbocycles. The van der Waals surface area contributed by atoms with Gasteiger partial charge in [0.15, 0.2) is 5.82 Å². The van der Waals surface area contributed by atoms with Gasteiger partial charge in [-0.2, -0.15) is 0 Å². The van der Waals surface area contributed by atoms with Crippen molar-refractivity contribution >= 4 is 5.95 Å². The van der Waals surface area contributed by atoms with E-state index in [0.29, 0.717) is 19.0 Å². The largest absolute Gasteiger partial charge is 0.379 e. The first-order chi connectivity index (χ1) is 7.74. The smallest absolute Gasteiger partial charge is 0.240 e. The molecule has 0 aliphatic carbocycles. The number of hydrogen-bond acceptors (Lipinski definition) is 6. The van der Waals surface area contributed by atoms with Crippen LogP contribution in [0.25, 0.3) is 0 Å². The molecule has 0 bridgehead atoms. The van der Waals surface area contributed by atoms with Crippen LogP contribution in [0.4, 0.5) is 5.95 Å². The molecule has 5 N–H and O–H groups in total. The van der Waals surface area contributed by atoms with Crippen LogP contribution in [0.1, 0.15) is 25.1 Å². The molecule has 1 aromatic rings. The molecule has 2 atom stereocenters. The lowest BCUT2D eigenvalue weighted by atomic mass is 10.0. The summed E-state index contributed by atoms with van der Waals surface area (Å²) in [6, 6.07) is 0.242. The highest BCUT2D eigenvalue weighted by Crippen LogP contribution is 2.24. The lowest BCUT2D eigenvalue weighted by molar-refractivity contribution is 0.187. The van der Waals surface area contributed by atoms with E-state index in [2.05, 4.69) is 22.4 Å². The molecule has 1 aromatic heterocycles. The van der Waals surface area contributed by atoms with Crippen molar-refractivity contribution in [1.82, 2.24) is 20.2 Å². The third-order valence-corrected chi connectivity index (χ3v) is 2.82. The fourth-order valence-corrected chi connectivity index (χ4v) is 1.91. The molecule has 7 nitrogen and oxygen atoms in total. The zero-order valence-electron chi connectivity index (χ0n) is 9.39. The van der Waals surface area contributed by atoms with Gasteiger partial charge in [-0.25, -0.2) is 4.68 Å². The van der Waals surface area contributed by atoms with Gasteiger partial charge < -0.3 is 21.6 Å². The second-order valence-electron chi connectivity index (χ2n) is 3.99. The minimum Gasteiger partial charge on any atom is -0.379 e. The molecule has 2 unspecified atom stereocenters. The monoisotopic (exact) mass is 226 g/mol. The van der Waals surface area contributed by atoms with E-state index >= 15 is 0 Å². The number of rotatable bonds is 4. The average Bonchev–Trinajstić information content (AvgIpc) is 2.85. The molecule has 0 spiro atoms. The van der Waals surface area contributed by atoms with E-state index in [1.54, 1.807) is 0 Å². The molecule has 7 heteroatoms. The van der Waals surface area contributed by atoms with Crippen molar-refractivity contribution in [3.05, 3.63) is 5.82 Å². The predicted octanol–water partition coefficient (Wildman–Crippen LogP) is -0.944. The van der Waals surface area contributed by atoms with Crippen molar-refractivity contribution in [2.75, 3.05) is 31.3 Å². The van der Waals surface area contributed by atoms with Crippen LogP contribution < -0.4 is 16.9 Å². The Kier molecular flexibility index (Phi) is 3.25. The van der Waals surface area contributed by atoms with Crippen molar-refractivity contribution in [2.24, 2.45) is 0 Å². The van der Waals surface area contributed by atoms with Crippen LogP contribution in [0.5, 0.6) is 0 Å². The summed E-state index contributed by atoms with van der Waals surface area (Å²) in [5, 5.41) is 11.2.